The van der Waals surface area contributed by atoms with Crippen LogP contribution >= 0.6 is 0 Å². The number of hydrogen-bond donors (Lipinski definition) is 1. The summed E-state index contributed by atoms with van der Waals surface area (Å²) in [7, 11) is 0. The lowest BCUT2D eigenvalue weighted by atomic mass is 9.85. The van der Waals surface area contributed by atoms with Crippen LogP contribution in [-0.2, 0) is 6.42 Å². The van der Waals surface area contributed by atoms with Gasteiger partial charge in [-0.25, -0.2) is 0 Å². The van der Waals surface area contributed by atoms with Gasteiger partial charge in [0.1, 0.15) is 6.26 Å². The van der Waals surface area contributed by atoms with Gasteiger partial charge in [-0.1, -0.05) is 23.4 Å². The predicted octanol–water partition coefficient (Wildman–Crippen LogP) is 5.09. The first-order valence-electron chi connectivity index (χ1n) is 12.2. The van der Waals surface area contributed by atoms with Crippen LogP contribution in [0.4, 0.5) is 23.2 Å². The number of benzene rings is 1. The van der Waals surface area contributed by atoms with E-state index in [9.17, 15) is 17.6 Å². The average Bonchev–Trinajstić information content (AvgIpc) is 3.35. The number of nitrogens with zero attached hydrogens (tertiary/aromatic N) is 4. The minimum atomic E-state index is -4.33. The van der Waals surface area contributed by atoms with Gasteiger partial charge in [-0.3, -0.25) is 19.2 Å². The fraction of sp³-hybridized carbons (Fsp3) is 0.462. The van der Waals surface area contributed by atoms with Crippen molar-refractivity contribution in [3.05, 3.63) is 65.8 Å². The largest absolute Gasteiger partial charge is 0.401 e. The van der Waals surface area contributed by atoms with Crippen LogP contribution in [-0.4, -0.2) is 71.1 Å². The van der Waals surface area contributed by atoms with E-state index in [4.69, 9.17) is 4.52 Å². The molecule has 0 spiro atoms. The number of hydrogen-bond acceptors (Lipinski definition) is 6. The maximum Gasteiger partial charge on any atom is 0.401 e. The molecule has 5 rings (SSSR count). The summed E-state index contributed by atoms with van der Waals surface area (Å²) in [6.45, 7) is 2.93. The Balaban J connectivity index is 1.39. The van der Waals surface area contributed by atoms with E-state index in [1.165, 1.54) is 4.90 Å². The summed E-state index contributed by atoms with van der Waals surface area (Å²) in [6, 6.07) is 8.80. The van der Waals surface area contributed by atoms with E-state index in [1.807, 2.05) is 37.3 Å². The quantitative estimate of drug-likeness (QED) is 0.432. The van der Waals surface area contributed by atoms with Crippen LogP contribution in [0, 0.1) is 0 Å². The minimum absolute atomic E-state index is 0.255. The number of pyridine rings is 1. The Bertz CT molecular complexity index is 1150. The van der Waals surface area contributed by atoms with E-state index >= 15 is 0 Å². The van der Waals surface area contributed by atoms with E-state index in [0.29, 0.717) is 18.5 Å². The monoisotopic (exact) mass is 503 g/mol. The van der Waals surface area contributed by atoms with Gasteiger partial charge in [-0.2, -0.15) is 13.2 Å². The van der Waals surface area contributed by atoms with Gasteiger partial charge in [-0.05, 0) is 48.6 Å². The zero-order valence-corrected chi connectivity index (χ0v) is 20.0. The Morgan fingerprint density at radius 2 is 1.94 bits per heavy atom. The Morgan fingerprint density at radius 1 is 1.11 bits per heavy atom. The van der Waals surface area contributed by atoms with Crippen LogP contribution in [0.15, 0.2) is 53.5 Å². The third-order valence-corrected chi connectivity index (χ3v) is 6.98. The van der Waals surface area contributed by atoms with Crippen LogP contribution in [0.1, 0.15) is 36.2 Å². The molecule has 10 heteroatoms. The zero-order valence-electron chi connectivity index (χ0n) is 20.0. The van der Waals surface area contributed by atoms with Crippen molar-refractivity contribution in [2.45, 2.75) is 44.1 Å². The summed E-state index contributed by atoms with van der Waals surface area (Å²) in [5.74, 6) is 0. The normalized spacial score (nSPS) is 21.2. The van der Waals surface area contributed by atoms with E-state index in [-0.39, 0.29) is 18.8 Å². The van der Waals surface area contributed by atoms with Crippen LogP contribution < -0.4 is 5.32 Å². The Morgan fingerprint density at radius 3 is 2.61 bits per heavy atom. The number of rotatable bonds is 8. The highest BCUT2D eigenvalue weighted by molar-refractivity contribution is 5.64. The van der Waals surface area contributed by atoms with Gasteiger partial charge in [0.2, 0.25) is 0 Å². The maximum atomic E-state index is 13.6. The molecule has 1 fully saturated rings. The molecule has 2 atom stereocenters. The molecule has 2 unspecified atom stereocenters. The first-order valence-corrected chi connectivity index (χ1v) is 12.2. The van der Waals surface area contributed by atoms with Crippen LogP contribution in [0.5, 0.6) is 0 Å². The molecule has 0 aliphatic carbocycles. The van der Waals surface area contributed by atoms with Gasteiger partial charge in [0, 0.05) is 31.2 Å². The standard InChI is InChI=1S/C26H29F4N5O/c1-17-9-19-10-18(20-11-32-36-15-20)3-5-23(19)25(35(17)16-26(28,29)30)24-6-4-21(12-31-24)33-22-13-34(14-22)8-2-7-27/h3-6,10-12,15,17,22,25,33H,2,7-9,13-14,16H2,1H3. The fourth-order valence-corrected chi connectivity index (χ4v) is 5.24. The minimum Gasteiger partial charge on any atom is -0.378 e. The Labute approximate surface area is 207 Å². The highest BCUT2D eigenvalue weighted by atomic mass is 19.4. The number of alkyl halides is 4. The molecule has 1 saturated heterocycles. The number of halogens is 4. The number of anilines is 1. The third kappa shape index (κ3) is 5.39. The Kier molecular flexibility index (Phi) is 6.98. The van der Waals surface area contributed by atoms with Gasteiger partial charge in [0.05, 0.1) is 49.1 Å². The number of aromatic nitrogens is 2. The summed E-state index contributed by atoms with van der Waals surface area (Å²) in [4.78, 5) is 8.28. The predicted molar refractivity (Wildman–Crippen MR) is 128 cm³/mol. The van der Waals surface area contributed by atoms with Crippen molar-refractivity contribution >= 4 is 5.69 Å². The Hall–Kier alpha value is -2.98. The third-order valence-electron chi connectivity index (χ3n) is 6.98. The van der Waals surface area contributed by atoms with Gasteiger partial charge >= 0.3 is 6.18 Å². The number of nitrogens with one attached hydrogen (secondary N) is 1. The molecular formula is C26H29F4N5O. The fourth-order valence-electron chi connectivity index (χ4n) is 5.24. The van der Waals surface area contributed by atoms with Crippen molar-refractivity contribution in [3.63, 3.8) is 0 Å². The molecule has 2 aromatic heterocycles. The molecule has 2 aliphatic rings. The molecule has 0 amide bonds. The topological polar surface area (TPSA) is 57.4 Å². The van der Waals surface area contributed by atoms with E-state index in [1.54, 1.807) is 18.7 Å². The highest BCUT2D eigenvalue weighted by Gasteiger charge is 2.41. The van der Waals surface area contributed by atoms with Gasteiger partial charge < -0.3 is 9.84 Å². The van der Waals surface area contributed by atoms with Crippen molar-refractivity contribution in [2.75, 3.05) is 38.2 Å². The van der Waals surface area contributed by atoms with Gasteiger partial charge in [0.25, 0.3) is 0 Å². The summed E-state index contributed by atoms with van der Waals surface area (Å²) < 4.78 is 58.0. The molecule has 2 aliphatic heterocycles. The van der Waals surface area contributed by atoms with Crippen molar-refractivity contribution in [1.82, 2.24) is 19.9 Å². The SMILES string of the molecule is CC1Cc2cc(-c3cnoc3)ccc2C(c2ccc(NC3CN(CCCF)C3)cn2)N1CC(F)(F)F. The van der Waals surface area contributed by atoms with Crippen molar-refractivity contribution in [1.29, 1.82) is 0 Å². The summed E-state index contributed by atoms with van der Waals surface area (Å²) in [5, 5.41) is 7.16. The highest BCUT2D eigenvalue weighted by Crippen LogP contribution is 2.40. The van der Waals surface area contributed by atoms with E-state index in [0.717, 1.165) is 47.6 Å². The second kappa shape index (κ2) is 10.2. The zero-order chi connectivity index (χ0) is 25.3. The molecule has 6 nitrogen and oxygen atoms in total. The summed E-state index contributed by atoms with van der Waals surface area (Å²) in [5.41, 5.74) is 4.97. The molecule has 0 saturated carbocycles. The first-order chi connectivity index (χ1) is 17.3. The summed E-state index contributed by atoms with van der Waals surface area (Å²) in [6.07, 6.45) is 1.58. The molecular weight excluding hydrogens is 474 g/mol. The summed E-state index contributed by atoms with van der Waals surface area (Å²) >= 11 is 0. The van der Waals surface area contributed by atoms with Gasteiger partial charge in [0.15, 0.2) is 0 Å². The lowest BCUT2D eigenvalue weighted by molar-refractivity contribution is -0.155. The second-order valence-electron chi connectivity index (χ2n) is 9.69. The molecule has 0 bridgehead atoms. The lowest BCUT2D eigenvalue weighted by Gasteiger charge is -2.42. The van der Waals surface area contributed by atoms with E-state index in [2.05, 4.69) is 20.4 Å². The first kappa shape index (κ1) is 24.7. The average molecular weight is 504 g/mol. The van der Waals surface area contributed by atoms with Crippen LogP contribution in [0.3, 0.4) is 0 Å². The van der Waals surface area contributed by atoms with Gasteiger partial charge in [-0.15, -0.1) is 0 Å². The van der Waals surface area contributed by atoms with Crippen molar-refractivity contribution in [3.8, 4) is 11.1 Å². The lowest BCUT2D eigenvalue weighted by Crippen LogP contribution is -2.54. The van der Waals surface area contributed by atoms with Crippen molar-refractivity contribution in [2.24, 2.45) is 0 Å². The smallest absolute Gasteiger partial charge is 0.378 e. The number of likely N-dealkylation sites (tertiary alicyclic amines) is 1. The molecule has 1 N–H and O–H groups in total. The van der Waals surface area contributed by atoms with Crippen LogP contribution in [0.25, 0.3) is 11.1 Å². The molecule has 1 aromatic carbocycles. The van der Waals surface area contributed by atoms with E-state index < -0.39 is 18.8 Å². The molecule has 4 heterocycles. The van der Waals surface area contributed by atoms with Crippen molar-refractivity contribution < 1.29 is 22.1 Å². The maximum absolute atomic E-state index is 13.6. The number of fused-ring (bicyclic) bond motifs is 1. The molecule has 0 radical (unpaired) electrons. The second-order valence-corrected chi connectivity index (χ2v) is 9.69. The molecule has 192 valence electrons. The molecule has 36 heavy (non-hydrogen) atoms. The molecule has 3 aromatic rings. The van der Waals surface area contributed by atoms with Crippen LogP contribution in [0.2, 0.25) is 0 Å².